The van der Waals surface area contributed by atoms with E-state index in [1.165, 1.54) is 0 Å². The van der Waals surface area contributed by atoms with Crippen LogP contribution in [0.15, 0.2) is 83.8 Å². The maximum absolute atomic E-state index is 13.0. The molecule has 3 aromatic carbocycles. The summed E-state index contributed by atoms with van der Waals surface area (Å²) in [4.78, 5) is 0.226. The number of aromatic nitrogens is 4. The van der Waals surface area contributed by atoms with Crippen LogP contribution in [0.25, 0.3) is 16.6 Å². The summed E-state index contributed by atoms with van der Waals surface area (Å²) in [6.45, 7) is 5.96. The fourth-order valence-corrected chi connectivity index (χ4v) is 5.07. The van der Waals surface area contributed by atoms with Crippen LogP contribution in [0.5, 0.6) is 11.6 Å². The molecule has 0 aliphatic carbocycles. The van der Waals surface area contributed by atoms with E-state index in [4.69, 9.17) is 4.74 Å². The van der Waals surface area contributed by atoms with Crippen molar-refractivity contribution >= 4 is 26.5 Å². The van der Waals surface area contributed by atoms with Crippen LogP contribution in [0.4, 0.5) is 5.69 Å². The first kappa shape index (κ1) is 22.5. The highest BCUT2D eigenvalue weighted by atomic mass is 32.2. The van der Waals surface area contributed by atoms with Gasteiger partial charge >= 0.3 is 0 Å². The quantitative estimate of drug-likeness (QED) is 0.349. The van der Waals surface area contributed by atoms with Gasteiger partial charge in [0, 0.05) is 22.8 Å². The minimum Gasteiger partial charge on any atom is -0.438 e. The molecule has 0 aliphatic rings. The molecule has 0 bridgehead atoms. The predicted molar refractivity (Wildman–Crippen MR) is 135 cm³/mol. The minimum atomic E-state index is -3.77. The Morgan fingerprint density at radius 1 is 0.829 bits per heavy atom. The lowest BCUT2D eigenvalue weighted by molar-refractivity contribution is 0.454. The van der Waals surface area contributed by atoms with E-state index in [9.17, 15) is 8.42 Å². The van der Waals surface area contributed by atoms with Gasteiger partial charge < -0.3 is 4.74 Å². The number of benzene rings is 3. The van der Waals surface area contributed by atoms with E-state index in [1.54, 1.807) is 59.3 Å². The van der Waals surface area contributed by atoms with Crippen molar-refractivity contribution in [1.82, 2.24) is 20.0 Å². The summed E-state index contributed by atoms with van der Waals surface area (Å²) >= 11 is 0. The molecule has 2 heterocycles. The second kappa shape index (κ2) is 8.84. The third kappa shape index (κ3) is 4.45. The van der Waals surface area contributed by atoms with Gasteiger partial charge in [-0.05, 0) is 68.1 Å². The van der Waals surface area contributed by atoms with Crippen LogP contribution in [0, 0.1) is 20.8 Å². The highest BCUT2D eigenvalue weighted by molar-refractivity contribution is 7.93. The van der Waals surface area contributed by atoms with Gasteiger partial charge in [0.15, 0.2) is 5.82 Å². The molecule has 0 saturated carbocycles. The van der Waals surface area contributed by atoms with Crippen molar-refractivity contribution in [2.75, 3.05) is 4.72 Å². The summed E-state index contributed by atoms with van der Waals surface area (Å²) in [6.07, 6.45) is 0. The first-order valence-electron chi connectivity index (χ1n) is 11.0. The number of fused-ring (bicyclic) bond motifs is 1. The molecule has 0 radical (unpaired) electrons. The predicted octanol–water partition coefficient (Wildman–Crippen LogP) is 5.33. The molecule has 0 spiro atoms. The van der Waals surface area contributed by atoms with Crippen LogP contribution in [-0.4, -0.2) is 28.4 Å². The summed E-state index contributed by atoms with van der Waals surface area (Å²) in [5, 5.41) is 14.4. The van der Waals surface area contributed by atoms with Gasteiger partial charge in [-0.3, -0.25) is 4.72 Å². The topological polar surface area (TPSA) is 99.0 Å². The fraction of sp³-hybridized carbons (Fsp3) is 0.115. The Morgan fingerprint density at radius 2 is 1.57 bits per heavy atom. The summed E-state index contributed by atoms with van der Waals surface area (Å²) in [5.41, 5.74) is 3.49. The number of aryl methyl sites for hydroxylation is 1. The van der Waals surface area contributed by atoms with Gasteiger partial charge in [-0.2, -0.15) is 5.10 Å². The number of rotatable bonds is 6. The lowest BCUT2D eigenvalue weighted by Gasteiger charge is -2.11. The molecular weight excluding hydrogens is 462 g/mol. The Morgan fingerprint density at radius 3 is 2.26 bits per heavy atom. The molecule has 5 rings (SSSR count). The largest absolute Gasteiger partial charge is 0.438 e. The molecule has 5 aromatic rings. The molecule has 0 aliphatic heterocycles. The number of nitrogens with zero attached hydrogens (tertiary/aromatic N) is 4. The standard InChI is InChI=1S/C26H23N5O3S/c1-17-18(2)29-31(19(17)3)25-15-16-26(28-27-25)34-22-13-11-21(12-14-22)30-35(32,33)24-10-6-8-20-7-4-5-9-23(20)24/h4-16,30H,1-3H3. The van der Waals surface area contributed by atoms with Crippen molar-refractivity contribution in [2.24, 2.45) is 0 Å². The van der Waals surface area contributed by atoms with Crippen LogP contribution in [0.3, 0.4) is 0 Å². The zero-order valence-corrected chi connectivity index (χ0v) is 20.2. The monoisotopic (exact) mass is 485 g/mol. The Bertz CT molecular complexity index is 1620. The van der Waals surface area contributed by atoms with Gasteiger partial charge in [0.05, 0.1) is 10.6 Å². The van der Waals surface area contributed by atoms with Gasteiger partial charge in [-0.15, -0.1) is 10.2 Å². The second-order valence-corrected chi connectivity index (χ2v) is 9.80. The van der Waals surface area contributed by atoms with Crippen molar-refractivity contribution in [1.29, 1.82) is 0 Å². The molecule has 176 valence electrons. The number of hydrogen-bond acceptors (Lipinski definition) is 6. The summed E-state index contributed by atoms with van der Waals surface area (Å²) in [5.74, 6) is 1.42. The van der Waals surface area contributed by atoms with Gasteiger partial charge in [-0.25, -0.2) is 13.1 Å². The second-order valence-electron chi connectivity index (χ2n) is 8.15. The van der Waals surface area contributed by atoms with Crippen molar-refractivity contribution in [2.45, 2.75) is 25.7 Å². The number of hydrogen-bond donors (Lipinski definition) is 1. The van der Waals surface area contributed by atoms with E-state index in [0.717, 1.165) is 22.3 Å². The molecule has 1 N–H and O–H groups in total. The van der Waals surface area contributed by atoms with Crippen molar-refractivity contribution < 1.29 is 13.2 Å². The number of nitrogens with one attached hydrogen (secondary N) is 1. The van der Waals surface area contributed by atoms with Crippen molar-refractivity contribution in [3.63, 3.8) is 0 Å². The highest BCUT2D eigenvalue weighted by Gasteiger charge is 2.17. The third-order valence-electron chi connectivity index (χ3n) is 5.86. The normalized spacial score (nSPS) is 11.5. The maximum Gasteiger partial charge on any atom is 0.262 e. The number of anilines is 1. The van der Waals surface area contributed by atoms with Gasteiger partial charge in [0.2, 0.25) is 5.88 Å². The molecule has 0 unspecified atom stereocenters. The molecule has 2 aromatic heterocycles. The summed E-state index contributed by atoms with van der Waals surface area (Å²) in [7, 11) is -3.77. The molecule has 0 saturated heterocycles. The highest BCUT2D eigenvalue weighted by Crippen LogP contribution is 2.27. The van der Waals surface area contributed by atoms with Gasteiger partial charge in [-0.1, -0.05) is 36.4 Å². The zero-order chi connectivity index (χ0) is 24.6. The Kier molecular flexibility index (Phi) is 5.70. The Labute approximate surface area is 203 Å². The Hall–Kier alpha value is -4.24. The lowest BCUT2D eigenvalue weighted by Crippen LogP contribution is -2.13. The summed E-state index contributed by atoms with van der Waals surface area (Å²) in [6, 6.07) is 22.7. The first-order chi connectivity index (χ1) is 16.8. The van der Waals surface area contributed by atoms with Crippen LogP contribution in [0.1, 0.15) is 17.0 Å². The van der Waals surface area contributed by atoms with E-state index in [1.807, 2.05) is 45.0 Å². The van der Waals surface area contributed by atoms with Crippen molar-refractivity contribution in [3.8, 4) is 17.4 Å². The minimum absolute atomic E-state index is 0.226. The fourth-order valence-electron chi connectivity index (χ4n) is 3.78. The zero-order valence-electron chi connectivity index (χ0n) is 19.4. The maximum atomic E-state index is 13.0. The number of sulfonamides is 1. The molecule has 0 atom stereocenters. The van der Waals surface area contributed by atoms with Gasteiger partial charge in [0.25, 0.3) is 10.0 Å². The third-order valence-corrected chi connectivity index (χ3v) is 7.30. The van der Waals surface area contributed by atoms with E-state index in [-0.39, 0.29) is 4.90 Å². The molecule has 0 amide bonds. The van der Waals surface area contributed by atoms with Crippen LogP contribution in [-0.2, 0) is 10.0 Å². The lowest BCUT2D eigenvalue weighted by atomic mass is 10.1. The SMILES string of the molecule is Cc1nn(-c2ccc(Oc3ccc(NS(=O)(=O)c4cccc5ccccc45)cc3)nn2)c(C)c1C. The van der Waals surface area contributed by atoms with Crippen LogP contribution < -0.4 is 9.46 Å². The molecule has 0 fully saturated rings. The smallest absolute Gasteiger partial charge is 0.262 e. The molecule has 35 heavy (non-hydrogen) atoms. The van der Waals surface area contributed by atoms with E-state index in [0.29, 0.717) is 28.5 Å². The number of ether oxygens (including phenoxy) is 1. The Balaban J connectivity index is 1.30. The average Bonchev–Trinajstić information content (AvgIpc) is 3.12. The van der Waals surface area contributed by atoms with Crippen molar-refractivity contribution in [3.05, 3.63) is 95.8 Å². The summed E-state index contributed by atoms with van der Waals surface area (Å²) < 4.78 is 36.2. The average molecular weight is 486 g/mol. The van der Waals surface area contributed by atoms with Crippen LogP contribution in [0.2, 0.25) is 0 Å². The molecule has 9 heteroatoms. The first-order valence-corrected chi connectivity index (χ1v) is 12.5. The molecule has 8 nitrogen and oxygen atoms in total. The molecular formula is C26H23N5O3S. The van der Waals surface area contributed by atoms with E-state index >= 15 is 0 Å². The van der Waals surface area contributed by atoms with E-state index in [2.05, 4.69) is 20.0 Å². The van der Waals surface area contributed by atoms with Crippen LogP contribution >= 0.6 is 0 Å². The van der Waals surface area contributed by atoms with Gasteiger partial charge in [0.1, 0.15) is 5.75 Å². The van der Waals surface area contributed by atoms with E-state index < -0.39 is 10.0 Å².